The van der Waals surface area contributed by atoms with Crippen molar-refractivity contribution in [3.8, 4) is 0 Å². The number of rotatable bonds is 13. The van der Waals surface area contributed by atoms with E-state index in [2.05, 4.69) is 40.7 Å². The van der Waals surface area contributed by atoms with Gasteiger partial charge < -0.3 is 114 Å². The average Bonchev–Trinajstić information content (AvgIpc) is 3.41. The maximum absolute atomic E-state index is 14.8. The van der Waals surface area contributed by atoms with Gasteiger partial charge in [-0.15, -0.1) is 0 Å². The Bertz CT molecular complexity index is 2130. The third-order valence-electron chi connectivity index (χ3n) is 21.6. The second-order valence-electron chi connectivity index (χ2n) is 26.1. The molecule has 0 radical (unpaired) electrons. The van der Waals surface area contributed by atoms with E-state index in [-0.39, 0.29) is 35.2 Å². The van der Waals surface area contributed by atoms with Gasteiger partial charge in [-0.25, -0.2) is 0 Å². The summed E-state index contributed by atoms with van der Waals surface area (Å²) in [5.74, 6) is -0.919. The molecule has 4 heterocycles. The topological polar surface area (TPSA) is 394 Å². The van der Waals surface area contributed by atoms with Crippen LogP contribution in [-0.4, -0.2) is 245 Å². The number of carbonyl (C=O) groups excluding carboxylic acids is 1. The lowest BCUT2D eigenvalue weighted by Crippen LogP contribution is -2.69. The van der Waals surface area contributed by atoms with Crippen molar-refractivity contribution in [1.82, 2.24) is 0 Å². The number of carbonyl (C=O) groups is 1. The predicted molar refractivity (Wildman–Crippen MR) is 264 cm³/mol. The molecule has 9 aliphatic rings. The molecule has 0 aromatic carbocycles. The van der Waals surface area contributed by atoms with E-state index in [0.717, 1.165) is 12.8 Å². The SMILES string of the molecule is CC1(C)CC[C@]2(C(=O)O[C@@H]3O[C@H](CO)[C@@H](O)[C@H](O)[C@H]3O)CC[C@]3(C)C(=CC[C@@H]4[C@]5(C)CC[C@@H](O[C@@H]6O[C@H](CO)[C@@H](O)[C@H](O[C@@H]7O[C@H](CO)[C@@H](O)[C@H](O)[C@H]7O)[C@H]6O[C@@H]6O[C@H](CO)[C@@H](O)[C@H](O)[C@H]6O)[C@@](C)(CO)[C@H]5CC[C@]43C)[C@H]2C1. The van der Waals surface area contributed by atoms with Crippen molar-refractivity contribution in [1.29, 1.82) is 0 Å². The minimum atomic E-state index is -1.97. The van der Waals surface area contributed by atoms with Crippen LogP contribution < -0.4 is 0 Å². The fourth-order valence-electron chi connectivity index (χ4n) is 16.5. The molecule has 78 heavy (non-hydrogen) atoms. The number of hydrogen-bond acceptors (Lipinski definition) is 24. The molecule has 0 aromatic rings. The largest absolute Gasteiger partial charge is 0.432 e. The van der Waals surface area contributed by atoms with E-state index >= 15 is 0 Å². The Balaban J connectivity index is 1.01. The highest BCUT2D eigenvalue weighted by molar-refractivity contribution is 5.79. The van der Waals surface area contributed by atoms with Gasteiger partial charge in [0.2, 0.25) is 6.29 Å². The highest BCUT2D eigenvalue weighted by atomic mass is 16.8. The monoisotopic (exact) mass is 1120 g/mol. The molecule has 0 unspecified atom stereocenters. The van der Waals surface area contributed by atoms with Gasteiger partial charge in [-0.3, -0.25) is 4.79 Å². The van der Waals surface area contributed by atoms with Gasteiger partial charge in [0.1, 0.15) is 97.7 Å². The van der Waals surface area contributed by atoms with Crippen LogP contribution in [-0.2, 0) is 42.7 Å². The molecule has 15 N–H and O–H groups in total. The van der Waals surface area contributed by atoms with Gasteiger partial charge in [0.25, 0.3) is 0 Å². The van der Waals surface area contributed by atoms with E-state index in [1.54, 1.807) is 0 Å². The molecule has 0 bridgehead atoms. The maximum Gasteiger partial charge on any atom is 0.315 e. The first kappa shape index (κ1) is 60.9. The summed E-state index contributed by atoms with van der Waals surface area (Å²) < 4.78 is 48.7. The minimum Gasteiger partial charge on any atom is -0.432 e. The van der Waals surface area contributed by atoms with E-state index in [4.69, 9.17) is 37.9 Å². The normalized spacial score (nSPS) is 54.1. The predicted octanol–water partition coefficient (Wildman–Crippen LogP) is -3.06. The van der Waals surface area contributed by atoms with Crippen LogP contribution in [0.2, 0.25) is 0 Å². The Kier molecular flexibility index (Phi) is 17.5. The standard InChI is InChI=1S/C54H88O24/c1-49(2)13-15-54(48(70)78-46-41(69)38(66)34(62)27(20-57)73-46)16-14-52(5)23(24(54)17-49)7-8-30-50(3)11-10-31(51(4,22-59)29(50)9-12-53(30,52)6)75-47-43(77-45-40(68)37(65)33(61)26(19-56)72-45)42(35(63)28(21-58)74-47)76-44-39(67)36(64)32(60)25(18-55)71-44/h7,24-47,55-69H,8-22H2,1-6H3/t24-,25-,26-,27-,28-,29+,30-,31-,32-,33-,34-,35-,36+,37+,38+,39-,40-,41-,42+,43-,44+,45+,46+,47+,50-,51+,52-,53-,54+/m1/s1. The number of aliphatic hydroxyl groups is 15. The molecule has 9 rings (SSSR count). The molecule has 24 nitrogen and oxygen atoms in total. The molecule has 29 atom stereocenters. The third kappa shape index (κ3) is 9.76. The van der Waals surface area contributed by atoms with Crippen molar-refractivity contribution in [3.05, 3.63) is 11.6 Å². The molecule has 4 saturated heterocycles. The zero-order chi connectivity index (χ0) is 57.0. The molecular formula is C54H88O24. The van der Waals surface area contributed by atoms with Gasteiger partial charge >= 0.3 is 5.97 Å². The Labute approximate surface area is 453 Å². The minimum absolute atomic E-state index is 0.0629. The quantitative estimate of drug-likeness (QED) is 0.0494. The zero-order valence-electron chi connectivity index (χ0n) is 45.4. The van der Waals surface area contributed by atoms with E-state index in [1.807, 2.05) is 6.92 Å². The molecule has 0 spiro atoms. The van der Waals surface area contributed by atoms with Crippen LogP contribution in [0.15, 0.2) is 11.6 Å². The van der Waals surface area contributed by atoms with Crippen LogP contribution >= 0.6 is 0 Å². The second kappa shape index (κ2) is 22.4. The summed E-state index contributed by atoms with van der Waals surface area (Å²) in [5.41, 5.74) is -2.09. The molecule has 4 aliphatic heterocycles. The third-order valence-corrected chi connectivity index (χ3v) is 21.6. The summed E-state index contributed by atoms with van der Waals surface area (Å²) in [4.78, 5) is 14.8. The van der Waals surface area contributed by atoms with Crippen LogP contribution in [0.25, 0.3) is 0 Å². The Morgan fingerprint density at radius 1 is 0.526 bits per heavy atom. The molecule has 5 aliphatic carbocycles. The van der Waals surface area contributed by atoms with Gasteiger partial charge in [0.05, 0.1) is 44.6 Å². The molecular weight excluding hydrogens is 1030 g/mol. The molecule has 4 saturated carbocycles. The maximum atomic E-state index is 14.8. The first-order valence-electron chi connectivity index (χ1n) is 28.0. The molecule has 0 aromatic heterocycles. The van der Waals surface area contributed by atoms with Gasteiger partial charge in [0.15, 0.2) is 18.9 Å². The van der Waals surface area contributed by atoms with Crippen LogP contribution in [0.5, 0.6) is 0 Å². The fourth-order valence-corrected chi connectivity index (χ4v) is 16.5. The number of fused-ring (bicyclic) bond motifs is 7. The van der Waals surface area contributed by atoms with Crippen LogP contribution in [0.1, 0.15) is 106 Å². The van der Waals surface area contributed by atoms with Crippen molar-refractivity contribution in [2.45, 2.75) is 235 Å². The summed E-state index contributed by atoms with van der Waals surface area (Å²) in [6.45, 7) is 9.78. The fraction of sp³-hybridized carbons (Fsp3) is 0.944. The smallest absolute Gasteiger partial charge is 0.315 e. The number of aliphatic hydroxyl groups excluding tert-OH is 15. The van der Waals surface area contributed by atoms with Crippen LogP contribution in [0.3, 0.4) is 0 Å². The Hall–Kier alpha value is -1.67. The van der Waals surface area contributed by atoms with Crippen molar-refractivity contribution in [2.24, 2.45) is 50.2 Å². The van der Waals surface area contributed by atoms with Crippen molar-refractivity contribution >= 4 is 5.97 Å². The summed E-state index contributed by atoms with van der Waals surface area (Å²) in [6.07, 6.45) is -26.8. The highest BCUT2D eigenvalue weighted by Gasteiger charge is 2.71. The molecule has 24 heteroatoms. The lowest BCUT2D eigenvalue weighted by atomic mass is 9.33. The molecule has 448 valence electrons. The van der Waals surface area contributed by atoms with Crippen molar-refractivity contribution < 1.29 is 119 Å². The van der Waals surface area contributed by atoms with E-state index in [1.165, 1.54) is 5.57 Å². The summed E-state index contributed by atoms with van der Waals surface area (Å²) in [6, 6.07) is 0. The van der Waals surface area contributed by atoms with Gasteiger partial charge in [-0.1, -0.05) is 53.2 Å². The second-order valence-corrected chi connectivity index (χ2v) is 26.1. The Morgan fingerprint density at radius 2 is 1.01 bits per heavy atom. The van der Waals surface area contributed by atoms with E-state index < -0.39 is 183 Å². The molecule has 8 fully saturated rings. The molecule has 0 amide bonds. The number of hydrogen-bond donors (Lipinski definition) is 15. The number of ether oxygens (including phenoxy) is 8. The van der Waals surface area contributed by atoms with Gasteiger partial charge in [0, 0.05) is 5.41 Å². The van der Waals surface area contributed by atoms with E-state index in [0.29, 0.717) is 51.4 Å². The number of allylic oxidation sites excluding steroid dienone is 2. The summed E-state index contributed by atoms with van der Waals surface area (Å²) in [7, 11) is 0. The Morgan fingerprint density at radius 3 is 1.55 bits per heavy atom. The highest BCUT2D eigenvalue weighted by Crippen LogP contribution is 2.76. The zero-order valence-corrected chi connectivity index (χ0v) is 45.4. The first-order valence-corrected chi connectivity index (χ1v) is 28.0. The first-order chi connectivity index (χ1) is 36.6. The van der Waals surface area contributed by atoms with E-state index in [9.17, 15) is 81.4 Å². The van der Waals surface area contributed by atoms with Gasteiger partial charge in [-0.2, -0.15) is 0 Å². The summed E-state index contributed by atoms with van der Waals surface area (Å²) in [5, 5.41) is 161. The lowest BCUT2D eigenvalue weighted by molar-refractivity contribution is -0.400. The summed E-state index contributed by atoms with van der Waals surface area (Å²) >= 11 is 0. The number of esters is 1. The lowest BCUT2D eigenvalue weighted by Gasteiger charge is -2.71. The van der Waals surface area contributed by atoms with Crippen molar-refractivity contribution in [2.75, 3.05) is 33.0 Å². The van der Waals surface area contributed by atoms with Crippen LogP contribution in [0, 0.1) is 50.2 Å². The van der Waals surface area contributed by atoms with Gasteiger partial charge in [-0.05, 0) is 104 Å². The average molecular weight is 1120 g/mol. The van der Waals surface area contributed by atoms with Crippen LogP contribution in [0.4, 0.5) is 0 Å². The van der Waals surface area contributed by atoms with Crippen molar-refractivity contribution in [3.63, 3.8) is 0 Å².